The molecule has 34 heavy (non-hydrogen) atoms. The fraction of sp³-hybridized carbons (Fsp3) is 0.0741. The minimum atomic E-state index is -0.631. The zero-order valence-electron chi connectivity index (χ0n) is 18.5. The molecule has 0 saturated heterocycles. The van der Waals surface area contributed by atoms with Gasteiger partial charge >= 0.3 is 0 Å². The van der Waals surface area contributed by atoms with Crippen LogP contribution >= 0.6 is 0 Å². The van der Waals surface area contributed by atoms with Crippen LogP contribution in [-0.4, -0.2) is 29.1 Å². The van der Waals surface area contributed by atoms with Crippen LogP contribution in [0.4, 0.5) is 5.69 Å². The number of hydrogen-bond acceptors (Lipinski definition) is 5. The molecule has 0 unspecified atom stereocenters. The lowest BCUT2D eigenvalue weighted by Gasteiger charge is -2.23. The molecule has 4 rings (SSSR count). The number of rotatable bonds is 7. The van der Waals surface area contributed by atoms with Crippen molar-refractivity contribution in [1.29, 1.82) is 0 Å². The summed E-state index contributed by atoms with van der Waals surface area (Å²) in [5, 5.41) is 9.63. The summed E-state index contributed by atoms with van der Waals surface area (Å²) >= 11 is 0. The number of ether oxygens (including phenoxy) is 1. The molecule has 0 radical (unpaired) electrons. The van der Waals surface area contributed by atoms with Gasteiger partial charge < -0.3 is 9.64 Å². The third-order valence-electron chi connectivity index (χ3n) is 5.30. The fourth-order valence-corrected chi connectivity index (χ4v) is 3.50. The molecule has 2 N–H and O–H groups in total. The number of para-hydroxylation sites is 1. The molecule has 0 saturated carbocycles. The normalized spacial score (nSPS) is 10.9. The Morgan fingerprint density at radius 3 is 2.41 bits per heavy atom. The Balaban J connectivity index is 1.64. The molecule has 0 aliphatic rings. The lowest BCUT2D eigenvalue weighted by Crippen LogP contribution is -2.30. The number of nitrogens with one attached hydrogen (secondary N) is 1. The van der Waals surface area contributed by atoms with Crippen molar-refractivity contribution in [3.05, 3.63) is 108 Å². The molecule has 4 aromatic rings. The van der Waals surface area contributed by atoms with Crippen LogP contribution in [0, 0.1) is 0 Å². The second kappa shape index (κ2) is 10.4. The molecule has 3 aromatic carbocycles. The molecule has 170 valence electrons. The average Bonchev–Trinajstić information content (AvgIpc) is 2.90. The maximum absolute atomic E-state index is 13.5. The highest BCUT2D eigenvalue weighted by Crippen LogP contribution is 2.24. The van der Waals surface area contributed by atoms with Crippen molar-refractivity contribution >= 4 is 34.5 Å². The first-order chi connectivity index (χ1) is 16.6. The molecular formula is C27H23N3O4. The molecule has 0 aliphatic heterocycles. The molecule has 2 amide bonds. The summed E-state index contributed by atoms with van der Waals surface area (Å²) < 4.78 is 5.26. The zero-order valence-corrected chi connectivity index (χ0v) is 18.5. The van der Waals surface area contributed by atoms with Crippen LogP contribution in [0.3, 0.4) is 0 Å². The van der Waals surface area contributed by atoms with E-state index >= 15 is 0 Å². The highest BCUT2D eigenvalue weighted by molar-refractivity contribution is 6.06. The van der Waals surface area contributed by atoms with Crippen molar-refractivity contribution in [1.82, 2.24) is 10.5 Å². The molecule has 0 fully saturated rings. The maximum Gasteiger partial charge on any atom is 0.267 e. The van der Waals surface area contributed by atoms with E-state index in [4.69, 9.17) is 14.9 Å². The van der Waals surface area contributed by atoms with Crippen molar-refractivity contribution in [2.24, 2.45) is 0 Å². The van der Waals surface area contributed by atoms with E-state index in [2.05, 4.69) is 0 Å². The third-order valence-corrected chi connectivity index (χ3v) is 5.30. The summed E-state index contributed by atoms with van der Waals surface area (Å²) in [7, 11) is 1.59. The molecule has 0 atom stereocenters. The van der Waals surface area contributed by atoms with Crippen LogP contribution in [-0.2, 0) is 11.3 Å². The monoisotopic (exact) mass is 453 g/mol. The first-order valence-corrected chi connectivity index (χ1v) is 10.6. The SMILES string of the molecule is COc1ccc(N(Cc2ccc3ccccc3n2)C(=O)c2ccc(/C=C/C(=O)NO)cc2)cc1. The summed E-state index contributed by atoms with van der Waals surface area (Å²) in [5.74, 6) is -0.125. The number of pyridine rings is 1. The van der Waals surface area contributed by atoms with Gasteiger partial charge in [-0.15, -0.1) is 0 Å². The Kier molecular flexibility index (Phi) is 6.95. The molecule has 0 aliphatic carbocycles. The second-order valence-corrected chi connectivity index (χ2v) is 7.52. The number of aromatic nitrogens is 1. The van der Waals surface area contributed by atoms with E-state index in [9.17, 15) is 9.59 Å². The van der Waals surface area contributed by atoms with Crippen LogP contribution in [0.1, 0.15) is 21.6 Å². The third kappa shape index (κ3) is 5.28. The van der Waals surface area contributed by atoms with Crippen molar-refractivity contribution in [2.45, 2.75) is 6.54 Å². The van der Waals surface area contributed by atoms with E-state index in [-0.39, 0.29) is 12.5 Å². The lowest BCUT2D eigenvalue weighted by atomic mass is 10.1. The molecule has 7 nitrogen and oxygen atoms in total. The summed E-state index contributed by atoms with van der Waals surface area (Å²) in [6.07, 6.45) is 2.74. The van der Waals surface area contributed by atoms with Gasteiger partial charge in [-0.05, 0) is 60.2 Å². The number of nitrogens with zero attached hydrogens (tertiary/aromatic N) is 2. The molecule has 1 heterocycles. The Hall–Kier alpha value is -4.49. The van der Waals surface area contributed by atoms with Gasteiger partial charge in [0.05, 0.1) is 24.9 Å². The van der Waals surface area contributed by atoms with Crippen molar-refractivity contribution < 1.29 is 19.5 Å². The average molecular weight is 453 g/mol. The van der Waals surface area contributed by atoms with Crippen molar-refractivity contribution in [2.75, 3.05) is 12.0 Å². The number of methoxy groups -OCH3 is 1. The van der Waals surface area contributed by atoms with E-state index < -0.39 is 5.91 Å². The van der Waals surface area contributed by atoms with Crippen LogP contribution in [0.5, 0.6) is 5.75 Å². The highest BCUT2D eigenvalue weighted by Gasteiger charge is 2.19. The zero-order chi connectivity index (χ0) is 23.9. The van der Waals surface area contributed by atoms with Gasteiger partial charge in [-0.1, -0.05) is 36.4 Å². The summed E-state index contributed by atoms with van der Waals surface area (Å²) in [5.41, 5.74) is 5.08. The summed E-state index contributed by atoms with van der Waals surface area (Å²) in [6, 6.07) is 25.9. The van der Waals surface area contributed by atoms with Crippen LogP contribution in [0.2, 0.25) is 0 Å². The molecular weight excluding hydrogens is 430 g/mol. The van der Waals surface area contributed by atoms with Crippen molar-refractivity contribution in [3.8, 4) is 5.75 Å². The quantitative estimate of drug-likeness (QED) is 0.242. The predicted octanol–water partition coefficient (Wildman–Crippen LogP) is 4.61. The van der Waals surface area contributed by atoms with Gasteiger partial charge in [0.25, 0.3) is 11.8 Å². The summed E-state index contributed by atoms with van der Waals surface area (Å²) in [4.78, 5) is 31.1. The van der Waals surface area contributed by atoms with Gasteiger partial charge in [0, 0.05) is 22.7 Å². The highest BCUT2D eigenvalue weighted by atomic mass is 16.5. The Morgan fingerprint density at radius 2 is 1.71 bits per heavy atom. The Morgan fingerprint density at radius 1 is 0.971 bits per heavy atom. The van der Waals surface area contributed by atoms with E-state index in [0.717, 1.165) is 16.6 Å². The standard InChI is InChI=1S/C27H23N3O4/c1-34-24-15-13-23(14-16-24)30(18-22-12-11-20-4-2-3-5-25(20)28-22)27(32)21-9-6-19(7-10-21)8-17-26(31)29-33/h2-17,33H,18H2,1H3,(H,29,31)/b17-8+. The number of carbonyl (C=O) groups is 2. The lowest BCUT2D eigenvalue weighted by molar-refractivity contribution is -0.124. The first kappa shape index (κ1) is 22.7. The Bertz CT molecular complexity index is 1330. The Labute approximate surface area is 196 Å². The van der Waals surface area contributed by atoms with E-state index in [0.29, 0.717) is 22.6 Å². The van der Waals surface area contributed by atoms with Crippen LogP contribution in [0.15, 0.2) is 91.0 Å². The van der Waals surface area contributed by atoms with E-state index in [1.54, 1.807) is 42.4 Å². The molecule has 0 spiro atoms. The fourth-order valence-electron chi connectivity index (χ4n) is 3.50. The molecule has 0 bridgehead atoms. The minimum Gasteiger partial charge on any atom is -0.497 e. The van der Waals surface area contributed by atoms with Crippen LogP contribution in [0.25, 0.3) is 17.0 Å². The number of anilines is 1. The summed E-state index contributed by atoms with van der Waals surface area (Å²) in [6.45, 7) is 0.286. The molecule has 7 heteroatoms. The van der Waals surface area contributed by atoms with Gasteiger partial charge in [0.15, 0.2) is 0 Å². The smallest absolute Gasteiger partial charge is 0.267 e. The number of amides is 2. The largest absolute Gasteiger partial charge is 0.497 e. The van der Waals surface area contributed by atoms with Gasteiger partial charge in [0.1, 0.15) is 5.75 Å². The number of hydrogen-bond donors (Lipinski definition) is 2. The van der Waals surface area contributed by atoms with Crippen molar-refractivity contribution in [3.63, 3.8) is 0 Å². The molecule has 1 aromatic heterocycles. The topological polar surface area (TPSA) is 91.8 Å². The van der Waals surface area contributed by atoms with E-state index in [1.807, 2.05) is 60.7 Å². The number of fused-ring (bicyclic) bond motifs is 1. The predicted molar refractivity (Wildman–Crippen MR) is 131 cm³/mol. The van der Waals surface area contributed by atoms with Crippen LogP contribution < -0.4 is 15.1 Å². The number of carbonyl (C=O) groups excluding carboxylic acids is 2. The van der Waals surface area contributed by atoms with E-state index in [1.165, 1.54) is 11.6 Å². The number of hydroxylamine groups is 1. The second-order valence-electron chi connectivity index (χ2n) is 7.52. The van der Waals surface area contributed by atoms with Gasteiger partial charge in [-0.3, -0.25) is 19.8 Å². The first-order valence-electron chi connectivity index (χ1n) is 10.6. The number of benzene rings is 3. The van der Waals surface area contributed by atoms with Gasteiger partial charge in [-0.2, -0.15) is 0 Å². The van der Waals surface area contributed by atoms with Gasteiger partial charge in [0.2, 0.25) is 0 Å². The minimum absolute atomic E-state index is 0.191. The maximum atomic E-state index is 13.5. The van der Waals surface area contributed by atoms with Gasteiger partial charge in [-0.25, -0.2) is 5.48 Å².